The molecule has 1 N–H and O–H groups in total. The molecule has 0 amide bonds. The summed E-state index contributed by atoms with van der Waals surface area (Å²) in [6.07, 6.45) is 0.866. The van der Waals surface area contributed by atoms with Gasteiger partial charge in [-0.25, -0.2) is 0 Å². The molecule has 3 aromatic heterocycles. The first-order chi connectivity index (χ1) is 14.6. The highest BCUT2D eigenvalue weighted by Crippen LogP contribution is 2.36. The van der Waals surface area contributed by atoms with Crippen molar-refractivity contribution in [2.75, 3.05) is 0 Å². The van der Waals surface area contributed by atoms with Crippen LogP contribution in [0.25, 0.3) is 22.0 Å². The van der Waals surface area contributed by atoms with Crippen LogP contribution < -0.4 is 0 Å². The van der Waals surface area contributed by atoms with E-state index in [9.17, 15) is 13.0 Å². The molecular weight excluding hydrogens is 430 g/mol. The second kappa shape index (κ2) is 7.85. The van der Waals surface area contributed by atoms with Gasteiger partial charge in [-0.15, -0.1) is 11.3 Å². The van der Waals surface area contributed by atoms with Crippen LogP contribution in [0.2, 0.25) is 0 Å². The van der Waals surface area contributed by atoms with E-state index in [1.165, 1.54) is 0 Å². The summed E-state index contributed by atoms with van der Waals surface area (Å²) in [5.74, 6) is 0. The van der Waals surface area contributed by atoms with Crippen molar-refractivity contribution < 1.29 is 13.0 Å². The quantitative estimate of drug-likeness (QED) is 0.415. The van der Waals surface area contributed by atoms with Gasteiger partial charge in [0.05, 0.1) is 17.8 Å². The zero-order valence-electron chi connectivity index (χ0n) is 18.2. The Hall–Kier alpha value is -2.55. The number of benzene rings is 1. The minimum Gasteiger partial charge on any atom is -0.281 e. The number of rotatable bonds is 5. The van der Waals surface area contributed by atoms with Gasteiger partial charge in [0.2, 0.25) is 0 Å². The molecule has 0 spiro atoms. The summed E-state index contributed by atoms with van der Waals surface area (Å²) in [6.45, 7) is 10.5. The highest BCUT2D eigenvalue weighted by atomic mass is 32.3. The molecule has 0 unspecified atom stereocenters. The first kappa shape index (κ1) is 21.7. The van der Waals surface area contributed by atoms with Crippen molar-refractivity contribution in [3.8, 4) is 11.1 Å². The van der Waals surface area contributed by atoms with E-state index in [1.54, 1.807) is 0 Å². The topological polar surface area (TPSA) is 85.1 Å². The molecule has 3 heterocycles. The Bertz CT molecular complexity index is 1420. The van der Waals surface area contributed by atoms with Crippen LogP contribution >= 0.6 is 11.3 Å². The van der Waals surface area contributed by atoms with E-state index >= 15 is 0 Å². The molecule has 0 aliphatic carbocycles. The zero-order chi connectivity index (χ0) is 22.5. The van der Waals surface area contributed by atoms with Crippen LogP contribution in [0.15, 0.2) is 34.5 Å². The van der Waals surface area contributed by atoms with Crippen LogP contribution in [0, 0.1) is 27.7 Å². The molecule has 8 heteroatoms. The minimum atomic E-state index is -4.27. The molecule has 31 heavy (non-hydrogen) atoms. The molecule has 0 aliphatic rings. The Labute approximate surface area is 186 Å². The first-order valence-corrected chi connectivity index (χ1v) is 12.4. The molecule has 0 bridgehead atoms. The molecule has 0 fully saturated rings. The van der Waals surface area contributed by atoms with Gasteiger partial charge in [0.25, 0.3) is 0 Å². The Balaban J connectivity index is 1.75. The van der Waals surface area contributed by atoms with E-state index in [-0.39, 0.29) is 4.21 Å². The van der Waals surface area contributed by atoms with Gasteiger partial charge in [0, 0.05) is 27.2 Å². The van der Waals surface area contributed by atoms with Gasteiger partial charge in [-0.3, -0.25) is 14.2 Å². The normalized spacial score (nSPS) is 12.1. The van der Waals surface area contributed by atoms with Crippen LogP contribution in [0.5, 0.6) is 0 Å². The van der Waals surface area contributed by atoms with Crippen molar-refractivity contribution in [3.63, 3.8) is 0 Å². The van der Waals surface area contributed by atoms with Gasteiger partial charge in [-0.1, -0.05) is 25.1 Å². The number of nitrogens with zero attached hydrogens (tertiary/aromatic N) is 3. The first-order valence-electron chi connectivity index (χ1n) is 10.1. The predicted octanol–water partition coefficient (Wildman–Crippen LogP) is 5.25. The number of aryl methyl sites for hydroxylation is 5. The highest BCUT2D eigenvalue weighted by molar-refractivity contribution is 7.88. The second-order valence-corrected chi connectivity index (χ2v) is 10.7. The van der Waals surface area contributed by atoms with Gasteiger partial charge >= 0.3 is 10.1 Å². The van der Waals surface area contributed by atoms with E-state index < -0.39 is 10.1 Å². The average Bonchev–Trinajstić information content (AvgIpc) is 3.22. The molecular formula is C23H25N3O3S2. The molecule has 4 rings (SSSR count). The maximum absolute atomic E-state index is 11.8. The summed E-state index contributed by atoms with van der Waals surface area (Å²) in [4.78, 5) is 5.50. The smallest absolute Gasteiger partial charge is 0.281 e. The number of pyridine rings is 1. The minimum absolute atomic E-state index is 0.00962. The van der Waals surface area contributed by atoms with Crippen molar-refractivity contribution in [3.05, 3.63) is 63.4 Å². The molecule has 0 atom stereocenters. The monoisotopic (exact) mass is 455 g/mol. The van der Waals surface area contributed by atoms with Crippen LogP contribution in [0.3, 0.4) is 0 Å². The molecule has 0 saturated carbocycles. The van der Waals surface area contributed by atoms with Crippen molar-refractivity contribution >= 4 is 32.4 Å². The lowest BCUT2D eigenvalue weighted by atomic mass is 10.0. The fourth-order valence-electron chi connectivity index (χ4n) is 4.13. The molecule has 4 aromatic rings. The molecule has 0 radical (unpaired) electrons. The summed E-state index contributed by atoms with van der Waals surface area (Å²) < 4.78 is 35.2. The number of aromatic nitrogens is 3. The molecule has 0 saturated heterocycles. The maximum atomic E-state index is 11.8. The summed E-state index contributed by atoms with van der Waals surface area (Å²) >= 11 is 1.08. The second-order valence-electron chi connectivity index (χ2n) is 7.87. The van der Waals surface area contributed by atoms with Crippen molar-refractivity contribution in [2.45, 2.75) is 51.8 Å². The number of hydrogen-bond acceptors (Lipinski definition) is 5. The Morgan fingerprint density at radius 3 is 2.42 bits per heavy atom. The van der Waals surface area contributed by atoms with Crippen molar-refractivity contribution in [1.29, 1.82) is 0 Å². The van der Waals surface area contributed by atoms with Crippen LogP contribution in [0.4, 0.5) is 0 Å². The van der Waals surface area contributed by atoms with Gasteiger partial charge < -0.3 is 0 Å². The van der Waals surface area contributed by atoms with Crippen molar-refractivity contribution in [2.24, 2.45) is 0 Å². The lowest BCUT2D eigenvalue weighted by Gasteiger charge is -2.10. The summed E-state index contributed by atoms with van der Waals surface area (Å²) in [5.41, 5.74) is 7.44. The fourth-order valence-corrected chi connectivity index (χ4v) is 6.14. The third kappa shape index (κ3) is 4.03. The van der Waals surface area contributed by atoms with Gasteiger partial charge in [0.15, 0.2) is 4.21 Å². The van der Waals surface area contributed by atoms with Gasteiger partial charge in [0.1, 0.15) is 0 Å². The van der Waals surface area contributed by atoms with Crippen LogP contribution in [-0.4, -0.2) is 27.7 Å². The predicted molar refractivity (Wildman–Crippen MR) is 125 cm³/mol. The highest BCUT2D eigenvalue weighted by Gasteiger charge is 2.21. The summed E-state index contributed by atoms with van der Waals surface area (Å²) in [6, 6.07) is 9.87. The largest absolute Gasteiger partial charge is 0.304 e. The van der Waals surface area contributed by atoms with E-state index in [1.807, 2.05) is 56.6 Å². The molecule has 162 valence electrons. The number of thiophene rings is 1. The van der Waals surface area contributed by atoms with Gasteiger partial charge in [-0.05, 0) is 62.9 Å². The number of fused-ring (bicyclic) bond motifs is 1. The average molecular weight is 456 g/mol. The Morgan fingerprint density at radius 2 is 1.77 bits per heavy atom. The fraction of sp³-hybridized carbons (Fsp3) is 0.304. The maximum Gasteiger partial charge on any atom is 0.304 e. The van der Waals surface area contributed by atoms with Crippen molar-refractivity contribution in [1.82, 2.24) is 14.8 Å². The molecule has 1 aromatic carbocycles. The lowest BCUT2D eigenvalue weighted by Crippen LogP contribution is -2.03. The SMILES string of the molecule is CCc1cc2c(c(C)n1)c(C)nn2Cc1ccc(-c2cc(C)sc2S(=O)(=O)O)c(C)c1. The van der Waals surface area contributed by atoms with Gasteiger partial charge in [-0.2, -0.15) is 13.5 Å². The zero-order valence-corrected chi connectivity index (χ0v) is 19.9. The molecule has 6 nitrogen and oxygen atoms in total. The van der Waals surface area contributed by atoms with E-state index in [0.29, 0.717) is 12.1 Å². The lowest BCUT2D eigenvalue weighted by molar-refractivity contribution is 0.486. The third-order valence-corrected chi connectivity index (χ3v) is 7.89. The Kier molecular flexibility index (Phi) is 5.49. The Morgan fingerprint density at radius 1 is 1.03 bits per heavy atom. The van der Waals surface area contributed by atoms with E-state index in [2.05, 4.69) is 18.0 Å². The van der Waals surface area contributed by atoms with E-state index in [4.69, 9.17) is 5.10 Å². The van der Waals surface area contributed by atoms with Crippen LogP contribution in [-0.2, 0) is 23.1 Å². The van der Waals surface area contributed by atoms with E-state index in [0.717, 1.165) is 67.3 Å². The summed E-state index contributed by atoms with van der Waals surface area (Å²) in [7, 11) is -4.27. The van der Waals surface area contributed by atoms with Crippen LogP contribution in [0.1, 0.15) is 40.0 Å². The standard InChI is InChI=1S/C23H25N3O3S2/c1-6-18-11-21-22(15(4)24-18)16(5)25-26(21)12-17-7-8-19(13(2)9-17)20-10-14(3)30-23(20)31(27,28)29/h7-11H,6,12H2,1-5H3,(H,27,28,29). The summed E-state index contributed by atoms with van der Waals surface area (Å²) in [5, 5.41) is 5.84. The number of hydrogen-bond donors (Lipinski definition) is 1. The third-order valence-electron chi connectivity index (χ3n) is 5.47. The molecule has 0 aliphatic heterocycles.